The molecule has 1 amide bonds. The van der Waals surface area contributed by atoms with Gasteiger partial charge in [-0.3, -0.25) is 4.79 Å². The Labute approximate surface area is 197 Å². The van der Waals surface area contributed by atoms with E-state index in [2.05, 4.69) is 74.9 Å². The summed E-state index contributed by atoms with van der Waals surface area (Å²) < 4.78 is 2.23. The Kier molecular flexibility index (Phi) is 7.00. The monoisotopic (exact) mass is 491 g/mol. The van der Waals surface area contributed by atoms with Gasteiger partial charge in [0.05, 0.1) is 0 Å². The minimum atomic E-state index is 0.0210. The summed E-state index contributed by atoms with van der Waals surface area (Å²) in [6.45, 7) is 6.22. The summed E-state index contributed by atoms with van der Waals surface area (Å²) in [4.78, 5) is 19.6. The van der Waals surface area contributed by atoms with Crippen LogP contribution in [0, 0.1) is 0 Å². The standard InChI is InChI=1S/C26H27BrN4O/c1-3-30(4-2)21-13-15-23-25(18-21)31(20-9-6-5-7-10-20)24-17-19(12-14-22(24)29-23)28-26(32)11-8-16-27/h5-7,9-10,12-15,17-18H,3-4,8,11,16H2,1-2H3/p+1. The van der Waals surface area contributed by atoms with E-state index >= 15 is 0 Å². The van der Waals surface area contributed by atoms with Crippen LogP contribution in [0.15, 0.2) is 66.7 Å². The van der Waals surface area contributed by atoms with Crippen LogP contribution in [-0.4, -0.2) is 29.3 Å². The van der Waals surface area contributed by atoms with Crippen LogP contribution in [0.1, 0.15) is 26.7 Å². The topological polar surface area (TPSA) is 49.1 Å². The van der Waals surface area contributed by atoms with Gasteiger partial charge in [-0.2, -0.15) is 0 Å². The molecule has 0 aliphatic rings. The van der Waals surface area contributed by atoms with Crippen LogP contribution in [0.2, 0.25) is 0 Å². The average Bonchev–Trinajstić information content (AvgIpc) is 2.82. The van der Waals surface area contributed by atoms with Gasteiger partial charge >= 0.3 is 0 Å². The fourth-order valence-electron chi connectivity index (χ4n) is 4.01. The lowest BCUT2D eigenvalue weighted by Gasteiger charge is -2.20. The summed E-state index contributed by atoms with van der Waals surface area (Å²) in [6, 6.07) is 22.7. The Morgan fingerprint density at radius 2 is 1.66 bits per heavy atom. The summed E-state index contributed by atoms with van der Waals surface area (Å²) in [6.07, 6.45) is 1.30. The Morgan fingerprint density at radius 1 is 0.969 bits per heavy atom. The molecule has 3 aromatic carbocycles. The second kappa shape index (κ2) is 10.1. The van der Waals surface area contributed by atoms with E-state index in [0.29, 0.717) is 6.42 Å². The molecular weight excluding hydrogens is 464 g/mol. The highest BCUT2D eigenvalue weighted by atomic mass is 79.9. The van der Waals surface area contributed by atoms with Crippen LogP contribution in [-0.2, 0) is 4.79 Å². The smallest absolute Gasteiger partial charge is 0.239 e. The fourth-order valence-corrected chi connectivity index (χ4v) is 4.29. The van der Waals surface area contributed by atoms with E-state index in [0.717, 1.165) is 58.3 Å². The molecule has 0 fully saturated rings. The highest BCUT2D eigenvalue weighted by Crippen LogP contribution is 2.24. The van der Waals surface area contributed by atoms with Crippen LogP contribution >= 0.6 is 15.9 Å². The molecule has 0 saturated heterocycles. The van der Waals surface area contributed by atoms with Crippen LogP contribution in [0.5, 0.6) is 0 Å². The van der Waals surface area contributed by atoms with Gasteiger partial charge in [0.25, 0.3) is 0 Å². The molecule has 32 heavy (non-hydrogen) atoms. The Balaban J connectivity index is 1.92. The Hall–Kier alpha value is -2.99. The normalized spacial score (nSPS) is 11.1. The molecule has 5 nitrogen and oxygen atoms in total. The number of carbonyl (C=O) groups excluding carboxylic acids is 1. The lowest BCUT2D eigenvalue weighted by molar-refractivity contribution is -0.538. The predicted octanol–water partition coefficient (Wildman–Crippen LogP) is 5.62. The number of nitrogens with zero attached hydrogens (tertiary/aromatic N) is 3. The third-order valence-electron chi connectivity index (χ3n) is 5.62. The number of rotatable bonds is 8. The molecule has 0 radical (unpaired) electrons. The van der Waals surface area contributed by atoms with Crippen LogP contribution < -0.4 is 14.8 Å². The van der Waals surface area contributed by atoms with Crippen molar-refractivity contribution in [1.82, 2.24) is 4.98 Å². The van der Waals surface area contributed by atoms with E-state index in [1.807, 2.05) is 36.4 Å². The van der Waals surface area contributed by atoms with E-state index < -0.39 is 0 Å². The van der Waals surface area contributed by atoms with Gasteiger partial charge in [-0.25, -0.2) is 4.98 Å². The van der Waals surface area contributed by atoms with Gasteiger partial charge in [-0.05, 0) is 44.5 Å². The number of para-hydroxylation sites is 1. The molecule has 0 saturated carbocycles. The predicted molar refractivity (Wildman–Crippen MR) is 136 cm³/mol. The van der Waals surface area contributed by atoms with Crippen molar-refractivity contribution in [3.63, 3.8) is 0 Å². The van der Waals surface area contributed by atoms with Gasteiger partial charge in [0.1, 0.15) is 11.0 Å². The number of anilines is 2. The Morgan fingerprint density at radius 3 is 2.34 bits per heavy atom. The second-order valence-corrected chi connectivity index (χ2v) is 8.47. The second-order valence-electron chi connectivity index (χ2n) is 7.67. The number of aromatic nitrogens is 2. The number of hydrogen-bond donors (Lipinski definition) is 1. The molecule has 4 aromatic rings. The van der Waals surface area contributed by atoms with Crippen molar-refractivity contribution in [2.24, 2.45) is 0 Å². The van der Waals surface area contributed by atoms with E-state index in [1.165, 1.54) is 5.69 Å². The minimum Gasteiger partial charge on any atom is -0.372 e. The molecule has 0 aliphatic heterocycles. The zero-order valence-corrected chi connectivity index (χ0v) is 20.1. The molecule has 1 heterocycles. The number of alkyl halides is 1. The van der Waals surface area contributed by atoms with E-state index in [4.69, 9.17) is 4.98 Å². The molecule has 1 aromatic heterocycles. The van der Waals surface area contributed by atoms with Gasteiger partial charge in [-0.15, -0.1) is 4.57 Å². The number of fused-ring (bicyclic) bond motifs is 2. The Bertz CT molecular complexity index is 1240. The molecule has 0 spiro atoms. The van der Waals surface area contributed by atoms with Crippen LogP contribution in [0.25, 0.3) is 27.8 Å². The van der Waals surface area contributed by atoms with E-state index in [9.17, 15) is 4.79 Å². The van der Waals surface area contributed by atoms with Crippen molar-refractivity contribution in [2.75, 3.05) is 28.6 Å². The zero-order chi connectivity index (χ0) is 22.5. The molecule has 0 bridgehead atoms. The molecular formula is C26H28BrN4O+. The van der Waals surface area contributed by atoms with Crippen molar-refractivity contribution < 1.29 is 9.36 Å². The van der Waals surface area contributed by atoms with Crippen molar-refractivity contribution in [1.29, 1.82) is 0 Å². The van der Waals surface area contributed by atoms with Crippen molar-refractivity contribution >= 4 is 55.3 Å². The number of carbonyl (C=O) groups is 1. The van der Waals surface area contributed by atoms with E-state index in [-0.39, 0.29) is 5.91 Å². The maximum atomic E-state index is 12.3. The van der Waals surface area contributed by atoms with Crippen molar-refractivity contribution in [2.45, 2.75) is 26.7 Å². The maximum Gasteiger partial charge on any atom is 0.239 e. The minimum absolute atomic E-state index is 0.0210. The van der Waals surface area contributed by atoms with Crippen molar-refractivity contribution in [3.8, 4) is 5.69 Å². The number of hydrogen-bond acceptors (Lipinski definition) is 3. The quantitative estimate of drug-likeness (QED) is 0.197. The molecule has 0 atom stereocenters. The molecule has 1 N–H and O–H groups in total. The molecule has 6 heteroatoms. The summed E-state index contributed by atoms with van der Waals surface area (Å²) in [5, 5.41) is 3.85. The SMILES string of the molecule is CCN(CC)c1ccc2nc3ccc(NC(=O)CCCBr)cc3[n+](-c3ccccc3)c2c1. The third kappa shape index (κ3) is 4.60. The van der Waals surface area contributed by atoms with Gasteiger partial charge in [0.15, 0.2) is 0 Å². The van der Waals surface area contributed by atoms with E-state index in [1.54, 1.807) is 0 Å². The maximum absolute atomic E-state index is 12.3. The average molecular weight is 492 g/mol. The first-order chi connectivity index (χ1) is 15.6. The summed E-state index contributed by atoms with van der Waals surface area (Å²) in [5.74, 6) is 0.0210. The molecule has 164 valence electrons. The number of amides is 1. The zero-order valence-electron chi connectivity index (χ0n) is 18.5. The first kappa shape index (κ1) is 22.2. The van der Waals surface area contributed by atoms with Gasteiger partial charge in [0.2, 0.25) is 22.6 Å². The fraction of sp³-hybridized carbons (Fsp3) is 0.269. The lowest BCUT2D eigenvalue weighted by Crippen LogP contribution is -2.33. The number of benzene rings is 3. The molecule has 4 rings (SSSR count). The highest BCUT2D eigenvalue weighted by molar-refractivity contribution is 9.09. The highest BCUT2D eigenvalue weighted by Gasteiger charge is 2.21. The summed E-state index contributed by atoms with van der Waals surface area (Å²) in [5.41, 5.74) is 6.83. The summed E-state index contributed by atoms with van der Waals surface area (Å²) >= 11 is 3.39. The van der Waals surface area contributed by atoms with Gasteiger partial charge < -0.3 is 10.2 Å². The molecule has 0 unspecified atom stereocenters. The first-order valence-corrected chi connectivity index (χ1v) is 12.2. The van der Waals surface area contributed by atoms with Crippen LogP contribution in [0.4, 0.5) is 11.4 Å². The first-order valence-electron chi connectivity index (χ1n) is 11.1. The number of nitrogens with one attached hydrogen (secondary N) is 1. The third-order valence-corrected chi connectivity index (χ3v) is 6.18. The summed E-state index contributed by atoms with van der Waals surface area (Å²) in [7, 11) is 0. The lowest BCUT2D eigenvalue weighted by atomic mass is 10.1. The van der Waals surface area contributed by atoms with Gasteiger partial charge in [-0.1, -0.05) is 34.1 Å². The largest absolute Gasteiger partial charge is 0.372 e. The molecule has 0 aliphatic carbocycles. The van der Waals surface area contributed by atoms with Gasteiger partial charge in [0, 0.05) is 60.5 Å². The van der Waals surface area contributed by atoms with Crippen LogP contribution in [0.3, 0.4) is 0 Å². The van der Waals surface area contributed by atoms with Crippen molar-refractivity contribution in [3.05, 3.63) is 66.7 Å². The number of halogens is 1.